The molecule has 0 radical (unpaired) electrons. The van der Waals surface area contributed by atoms with Gasteiger partial charge < -0.3 is 4.74 Å². The van der Waals surface area contributed by atoms with Crippen molar-refractivity contribution in [2.75, 3.05) is 36.7 Å². The lowest BCUT2D eigenvalue weighted by atomic mass is 10.1. The van der Waals surface area contributed by atoms with Gasteiger partial charge in [0, 0.05) is 12.9 Å². The molecule has 0 rings (SSSR count). The van der Waals surface area contributed by atoms with Crippen molar-refractivity contribution >= 4 is 23.5 Å². The molecular weight excluding hydrogens is 272 g/mol. The van der Waals surface area contributed by atoms with Crippen LogP contribution in [0.2, 0.25) is 0 Å². The Balaban J connectivity index is 2.88. The van der Waals surface area contributed by atoms with E-state index in [1.54, 1.807) is 7.11 Å². The monoisotopic (exact) mass is 306 g/mol. The summed E-state index contributed by atoms with van der Waals surface area (Å²) < 4.78 is 5.03. The predicted molar refractivity (Wildman–Crippen MR) is 93.8 cm³/mol. The fourth-order valence-electron chi connectivity index (χ4n) is 1.96. The standard InChI is InChI=1S/C16H34OS2/c1-3-13-18-14-10-8-6-4-5-7-9-11-15-19-16-12-17-2/h3-16H2,1-2H3. The molecule has 19 heavy (non-hydrogen) atoms. The van der Waals surface area contributed by atoms with Crippen LogP contribution in [0.25, 0.3) is 0 Å². The molecule has 3 heteroatoms. The second-order valence-corrected chi connectivity index (χ2v) is 7.50. The van der Waals surface area contributed by atoms with Gasteiger partial charge in [-0.1, -0.05) is 45.4 Å². The van der Waals surface area contributed by atoms with E-state index in [0.717, 1.165) is 12.4 Å². The predicted octanol–water partition coefficient (Wildman–Crippen LogP) is 5.63. The lowest BCUT2D eigenvalue weighted by Crippen LogP contribution is -1.92. The molecule has 116 valence electrons. The van der Waals surface area contributed by atoms with E-state index in [-0.39, 0.29) is 0 Å². The van der Waals surface area contributed by atoms with E-state index >= 15 is 0 Å². The van der Waals surface area contributed by atoms with Crippen LogP contribution in [0.5, 0.6) is 0 Å². The third kappa shape index (κ3) is 18.7. The van der Waals surface area contributed by atoms with Crippen LogP contribution in [-0.4, -0.2) is 36.7 Å². The zero-order chi connectivity index (χ0) is 14.0. The fourth-order valence-corrected chi connectivity index (χ4v) is 3.76. The van der Waals surface area contributed by atoms with Crippen LogP contribution in [0.15, 0.2) is 0 Å². The van der Waals surface area contributed by atoms with Crippen LogP contribution < -0.4 is 0 Å². The van der Waals surface area contributed by atoms with Crippen molar-refractivity contribution in [2.24, 2.45) is 0 Å². The minimum absolute atomic E-state index is 0.904. The van der Waals surface area contributed by atoms with Crippen LogP contribution in [0.1, 0.15) is 64.7 Å². The SMILES string of the molecule is CCCSCCCCCCCCCCSCCOC. The molecule has 0 bridgehead atoms. The zero-order valence-electron chi connectivity index (χ0n) is 13.1. The smallest absolute Gasteiger partial charge is 0.0552 e. The number of unbranched alkanes of at least 4 members (excludes halogenated alkanes) is 7. The molecule has 0 spiro atoms. The van der Waals surface area contributed by atoms with Crippen molar-refractivity contribution in [2.45, 2.75) is 64.7 Å². The maximum atomic E-state index is 5.03. The first kappa shape index (κ1) is 19.7. The van der Waals surface area contributed by atoms with Crippen molar-refractivity contribution < 1.29 is 4.74 Å². The Morgan fingerprint density at radius 3 is 1.58 bits per heavy atom. The summed E-state index contributed by atoms with van der Waals surface area (Å²) in [6.07, 6.45) is 12.8. The first-order valence-corrected chi connectivity index (χ1v) is 10.4. The van der Waals surface area contributed by atoms with Crippen molar-refractivity contribution in [3.8, 4) is 0 Å². The third-order valence-electron chi connectivity index (χ3n) is 3.11. The Morgan fingerprint density at radius 2 is 1.11 bits per heavy atom. The Hall–Kier alpha value is 0.660. The van der Waals surface area contributed by atoms with E-state index in [2.05, 4.69) is 18.7 Å². The molecule has 0 fully saturated rings. The molecule has 0 saturated carbocycles. The number of thioether (sulfide) groups is 2. The van der Waals surface area contributed by atoms with E-state index in [9.17, 15) is 0 Å². The molecule has 0 aromatic heterocycles. The molecule has 0 saturated heterocycles. The molecule has 0 aliphatic rings. The maximum Gasteiger partial charge on any atom is 0.0552 e. The first-order valence-electron chi connectivity index (χ1n) is 8.06. The summed E-state index contributed by atoms with van der Waals surface area (Å²) in [5.41, 5.74) is 0. The van der Waals surface area contributed by atoms with E-state index < -0.39 is 0 Å². The molecule has 1 nitrogen and oxygen atoms in total. The first-order chi connectivity index (χ1) is 9.41. The van der Waals surface area contributed by atoms with Crippen LogP contribution in [0.3, 0.4) is 0 Å². The molecule has 0 N–H and O–H groups in total. The molecule has 0 aliphatic heterocycles. The van der Waals surface area contributed by atoms with E-state index in [1.807, 2.05) is 11.8 Å². The largest absolute Gasteiger partial charge is 0.384 e. The highest BCUT2D eigenvalue weighted by atomic mass is 32.2. The van der Waals surface area contributed by atoms with Gasteiger partial charge in [0.05, 0.1) is 6.61 Å². The topological polar surface area (TPSA) is 9.23 Å². The van der Waals surface area contributed by atoms with Gasteiger partial charge in [-0.2, -0.15) is 23.5 Å². The van der Waals surface area contributed by atoms with Crippen molar-refractivity contribution in [3.05, 3.63) is 0 Å². The van der Waals surface area contributed by atoms with Gasteiger partial charge in [0.15, 0.2) is 0 Å². The van der Waals surface area contributed by atoms with Gasteiger partial charge in [-0.05, 0) is 36.5 Å². The van der Waals surface area contributed by atoms with E-state index in [0.29, 0.717) is 0 Å². The lowest BCUT2D eigenvalue weighted by molar-refractivity contribution is 0.218. The fraction of sp³-hybridized carbons (Fsp3) is 1.00. The Kier molecular flexibility index (Phi) is 19.3. The number of hydrogen-bond acceptors (Lipinski definition) is 3. The third-order valence-corrected chi connectivity index (χ3v) is 5.41. The number of hydrogen-bond donors (Lipinski definition) is 0. The van der Waals surface area contributed by atoms with Crippen molar-refractivity contribution in [1.29, 1.82) is 0 Å². The highest BCUT2D eigenvalue weighted by Crippen LogP contribution is 2.13. The van der Waals surface area contributed by atoms with Gasteiger partial charge in [-0.15, -0.1) is 0 Å². The molecule has 0 aromatic carbocycles. The van der Waals surface area contributed by atoms with Crippen LogP contribution in [0, 0.1) is 0 Å². The zero-order valence-corrected chi connectivity index (χ0v) is 14.8. The quantitative estimate of drug-likeness (QED) is 0.342. The van der Waals surface area contributed by atoms with E-state index in [4.69, 9.17) is 4.74 Å². The number of rotatable bonds is 16. The van der Waals surface area contributed by atoms with Crippen LogP contribution in [0.4, 0.5) is 0 Å². The molecule has 0 amide bonds. The summed E-state index contributed by atoms with van der Waals surface area (Å²) in [5.74, 6) is 5.21. The van der Waals surface area contributed by atoms with Crippen molar-refractivity contribution in [1.82, 2.24) is 0 Å². The molecule has 0 heterocycles. The molecule has 0 aliphatic carbocycles. The highest BCUT2D eigenvalue weighted by Gasteiger charge is 1.94. The van der Waals surface area contributed by atoms with Crippen LogP contribution >= 0.6 is 23.5 Å². The molecular formula is C16H34OS2. The Morgan fingerprint density at radius 1 is 0.632 bits per heavy atom. The number of ether oxygens (including phenoxy) is 1. The van der Waals surface area contributed by atoms with Gasteiger partial charge in [-0.3, -0.25) is 0 Å². The number of methoxy groups -OCH3 is 1. The summed E-state index contributed by atoms with van der Waals surface area (Å²) in [5, 5.41) is 0. The second kappa shape index (κ2) is 18.7. The maximum absolute atomic E-state index is 5.03. The molecule has 0 atom stereocenters. The van der Waals surface area contributed by atoms with Gasteiger partial charge in [-0.25, -0.2) is 0 Å². The average Bonchev–Trinajstić information content (AvgIpc) is 2.43. The van der Waals surface area contributed by atoms with E-state index in [1.165, 1.54) is 75.0 Å². The van der Waals surface area contributed by atoms with Gasteiger partial charge >= 0.3 is 0 Å². The highest BCUT2D eigenvalue weighted by molar-refractivity contribution is 7.99. The average molecular weight is 307 g/mol. The molecule has 0 aromatic rings. The summed E-state index contributed by atoms with van der Waals surface area (Å²) in [4.78, 5) is 0. The Labute approximate surface area is 130 Å². The summed E-state index contributed by atoms with van der Waals surface area (Å²) in [6, 6.07) is 0. The minimum Gasteiger partial charge on any atom is -0.384 e. The normalized spacial score (nSPS) is 11.1. The van der Waals surface area contributed by atoms with Gasteiger partial charge in [0.25, 0.3) is 0 Å². The summed E-state index contributed by atoms with van der Waals surface area (Å²) in [6.45, 7) is 3.17. The minimum atomic E-state index is 0.904. The second-order valence-electron chi connectivity index (χ2n) is 5.05. The van der Waals surface area contributed by atoms with Gasteiger partial charge in [0.1, 0.15) is 0 Å². The van der Waals surface area contributed by atoms with Crippen molar-refractivity contribution in [3.63, 3.8) is 0 Å². The van der Waals surface area contributed by atoms with Gasteiger partial charge in [0.2, 0.25) is 0 Å². The lowest BCUT2D eigenvalue weighted by Gasteiger charge is -2.03. The summed E-state index contributed by atoms with van der Waals surface area (Å²) >= 11 is 4.16. The Bertz CT molecular complexity index is 138. The van der Waals surface area contributed by atoms with Crippen LogP contribution in [-0.2, 0) is 4.74 Å². The molecule has 0 unspecified atom stereocenters. The summed E-state index contributed by atoms with van der Waals surface area (Å²) in [7, 11) is 1.78.